The molecule has 5 heteroatoms. The number of nitro groups is 1. The minimum Gasteiger partial charge on any atom is -0.352 e. The van der Waals surface area contributed by atoms with E-state index in [1.165, 1.54) is 6.07 Å². The fourth-order valence-electron chi connectivity index (χ4n) is 1.44. The first-order valence-electron chi connectivity index (χ1n) is 5.53. The number of nitro benzene ring substituents is 1. The number of unbranched alkanes of at least 4 members (excludes halogenated alkanes) is 1. The number of aryl methyl sites for hydroxylation is 1. The van der Waals surface area contributed by atoms with Gasteiger partial charge in [-0.25, -0.2) is 0 Å². The van der Waals surface area contributed by atoms with Crippen LogP contribution in [0.3, 0.4) is 0 Å². The van der Waals surface area contributed by atoms with Gasteiger partial charge in [-0.1, -0.05) is 6.07 Å². The summed E-state index contributed by atoms with van der Waals surface area (Å²) in [7, 11) is 0. The molecule has 0 aromatic heterocycles. The van der Waals surface area contributed by atoms with E-state index in [2.05, 4.69) is 11.2 Å². The lowest BCUT2D eigenvalue weighted by atomic mass is 10.1. The van der Waals surface area contributed by atoms with Crippen LogP contribution in [0.5, 0.6) is 0 Å². The Hall–Kier alpha value is -2.35. The molecule has 1 aromatic carbocycles. The molecule has 0 atom stereocenters. The zero-order valence-electron chi connectivity index (χ0n) is 10.1. The zero-order chi connectivity index (χ0) is 13.5. The Labute approximate surface area is 105 Å². The van der Waals surface area contributed by atoms with Gasteiger partial charge in [0.15, 0.2) is 0 Å². The van der Waals surface area contributed by atoms with Crippen LogP contribution in [0.4, 0.5) is 5.69 Å². The van der Waals surface area contributed by atoms with E-state index in [0.29, 0.717) is 24.9 Å². The molecule has 0 aliphatic carbocycles. The van der Waals surface area contributed by atoms with Gasteiger partial charge in [0, 0.05) is 30.2 Å². The number of nitrogens with one attached hydrogen (secondary N) is 1. The Bertz CT molecular complexity index is 503. The number of hydrogen-bond donors (Lipinski definition) is 1. The smallest absolute Gasteiger partial charge is 0.273 e. The molecule has 0 saturated heterocycles. The number of carbonyl (C=O) groups is 1. The molecule has 18 heavy (non-hydrogen) atoms. The van der Waals surface area contributed by atoms with Crippen molar-refractivity contribution < 1.29 is 9.72 Å². The molecule has 5 nitrogen and oxygen atoms in total. The van der Waals surface area contributed by atoms with Crippen molar-refractivity contribution in [3.63, 3.8) is 0 Å². The van der Waals surface area contributed by atoms with Crippen LogP contribution in [0, 0.1) is 29.4 Å². The molecular weight excluding hydrogens is 232 g/mol. The first-order chi connectivity index (χ1) is 8.56. The molecule has 1 N–H and O–H groups in total. The van der Waals surface area contributed by atoms with E-state index in [4.69, 9.17) is 6.42 Å². The van der Waals surface area contributed by atoms with Gasteiger partial charge in [-0.15, -0.1) is 12.3 Å². The lowest BCUT2D eigenvalue weighted by Gasteiger charge is -2.04. The lowest BCUT2D eigenvalue weighted by Crippen LogP contribution is -2.24. The second kappa shape index (κ2) is 6.40. The summed E-state index contributed by atoms with van der Waals surface area (Å²) >= 11 is 0. The van der Waals surface area contributed by atoms with Gasteiger partial charge < -0.3 is 5.32 Å². The molecule has 94 valence electrons. The molecule has 1 aromatic rings. The van der Waals surface area contributed by atoms with Crippen LogP contribution in [0.15, 0.2) is 18.2 Å². The molecule has 0 radical (unpaired) electrons. The third-order valence-corrected chi connectivity index (χ3v) is 2.45. The maximum absolute atomic E-state index is 11.7. The SMILES string of the molecule is C#CCCCNC(=O)c1ccc(C)c([N+](=O)[O-])c1. The van der Waals surface area contributed by atoms with Crippen molar-refractivity contribution in [1.82, 2.24) is 5.32 Å². The van der Waals surface area contributed by atoms with Crippen LogP contribution < -0.4 is 5.32 Å². The number of benzene rings is 1. The fourth-order valence-corrected chi connectivity index (χ4v) is 1.44. The minimum atomic E-state index is -0.496. The monoisotopic (exact) mass is 246 g/mol. The van der Waals surface area contributed by atoms with E-state index >= 15 is 0 Å². The predicted molar refractivity (Wildman–Crippen MR) is 68.2 cm³/mol. The van der Waals surface area contributed by atoms with E-state index in [-0.39, 0.29) is 17.2 Å². The van der Waals surface area contributed by atoms with Crippen LogP contribution in [0.25, 0.3) is 0 Å². The van der Waals surface area contributed by atoms with Gasteiger partial charge in [0.1, 0.15) is 0 Å². The molecule has 0 heterocycles. The topological polar surface area (TPSA) is 72.2 Å². The third kappa shape index (κ3) is 3.59. The largest absolute Gasteiger partial charge is 0.352 e. The summed E-state index contributed by atoms with van der Waals surface area (Å²) in [6.07, 6.45) is 6.37. The van der Waals surface area contributed by atoms with Gasteiger partial charge in [-0.2, -0.15) is 0 Å². The van der Waals surface area contributed by atoms with E-state index in [1.807, 2.05) is 0 Å². The van der Waals surface area contributed by atoms with Crippen molar-refractivity contribution in [2.75, 3.05) is 6.54 Å². The van der Waals surface area contributed by atoms with Crippen LogP contribution >= 0.6 is 0 Å². The Morgan fingerprint density at radius 1 is 1.56 bits per heavy atom. The molecule has 0 fully saturated rings. The number of nitrogens with zero attached hydrogens (tertiary/aromatic N) is 1. The summed E-state index contributed by atoms with van der Waals surface area (Å²) in [5.41, 5.74) is 0.767. The molecule has 1 rings (SSSR count). The van der Waals surface area contributed by atoms with Crippen LogP contribution in [0.1, 0.15) is 28.8 Å². The summed E-state index contributed by atoms with van der Waals surface area (Å²) in [4.78, 5) is 22.0. The maximum atomic E-state index is 11.7. The van der Waals surface area contributed by atoms with Crippen LogP contribution in [-0.2, 0) is 0 Å². The Balaban J connectivity index is 2.72. The zero-order valence-corrected chi connectivity index (χ0v) is 10.1. The molecule has 0 unspecified atom stereocenters. The molecule has 0 spiro atoms. The number of hydrogen-bond acceptors (Lipinski definition) is 3. The number of rotatable bonds is 5. The summed E-state index contributed by atoms with van der Waals surface area (Å²) in [5, 5.41) is 13.4. The van der Waals surface area contributed by atoms with Gasteiger partial charge >= 0.3 is 0 Å². The van der Waals surface area contributed by atoms with Crippen molar-refractivity contribution in [2.24, 2.45) is 0 Å². The van der Waals surface area contributed by atoms with Gasteiger partial charge in [0.25, 0.3) is 11.6 Å². The minimum absolute atomic E-state index is 0.0497. The van der Waals surface area contributed by atoms with Gasteiger partial charge in [0.05, 0.1) is 4.92 Å². The highest BCUT2D eigenvalue weighted by Crippen LogP contribution is 2.19. The third-order valence-electron chi connectivity index (χ3n) is 2.45. The lowest BCUT2D eigenvalue weighted by molar-refractivity contribution is -0.385. The van der Waals surface area contributed by atoms with Gasteiger partial charge in [-0.05, 0) is 19.4 Å². The average molecular weight is 246 g/mol. The maximum Gasteiger partial charge on any atom is 0.273 e. The Morgan fingerprint density at radius 3 is 2.89 bits per heavy atom. The molecule has 0 aliphatic heterocycles. The van der Waals surface area contributed by atoms with Crippen molar-refractivity contribution in [3.05, 3.63) is 39.4 Å². The van der Waals surface area contributed by atoms with Gasteiger partial charge in [0.2, 0.25) is 0 Å². The number of carbonyl (C=O) groups excluding carboxylic acids is 1. The average Bonchev–Trinajstić information content (AvgIpc) is 2.34. The normalized spacial score (nSPS) is 9.56. The van der Waals surface area contributed by atoms with Crippen molar-refractivity contribution in [3.8, 4) is 12.3 Å². The highest BCUT2D eigenvalue weighted by Gasteiger charge is 2.14. The van der Waals surface area contributed by atoms with E-state index in [1.54, 1.807) is 19.1 Å². The Morgan fingerprint density at radius 2 is 2.28 bits per heavy atom. The summed E-state index contributed by atoms with van der Waals surface area (Å²) in [6, 6.07) is 4.42. The second-order valence-electron chi connectivity index (χ2n) is 3.82. The van der Waals surface area contributed by atoms with E-state index in [0.717, 1.165) is 0 Å². The van der Waals surface area contributed by atoms with E-state index < -0.39 is 4.92 Å². The van der Waals surface area contributed by atoms with Crippen LogP contribution in [0.2, 0.25) is 0 Å². The summed E-state index contributed by atoms with van der Waals surface area (Å²) in [6.45, 7) is 2.09. The van der Waals surface area contributed by atoms with Crippen molar-refractivity contribution >= 4 is 11.6 Å². The van der Waals surface area contributed by atoms with Crippen molar-refractivity contribution in [2.45, 2.75) is 19.8 Å². The highest BCUT2D eigenvalue weighted by molar-refractivity contribution is 5.94. The molecule has 0 saturated carbocycles. The summed E-state index contributed by atoms with van der Waals surface area (Å²) in [5.74, 6) is 2.15. The quantitative estimate of drug-likeness (QED) is 0.374. The van der Waals surface area contributed by atoms with Gasteiger partial charge in [-0.3, -0.25) is 14.9 Å². The number of amides is 1. The predicted octanol–water partition coefficient (Wildman–Crippen LogP) is 2.05. The highest BCUT2D eigenvalue weighted by atomic mass is 16.6. The fraction of sp³-hybridized carbons (Fsp3) is 0.308. The second-order valence-corrected chi connectivity index (χ2v) is 3.82. The van der Waals surface area contributed by atoms with Crippen molar-refractivity contribution in [1.29, 1.82) is 0 Å². The summed E-state index contributed by atoms with van der Waals surface area (Å²) < 4.78 is 0. The van der Waals surface area contributed by atoms with E-state index in [9.17, 15) is 14.9 Å². The molecular formula is C13H14N2O3. The van der Waals surface area contributed by atoms with Crippen LogP contribution in [-0.4, -0.2) is 17.4 Å². The molecule has 0 aliphatic rings. The first-order valence-corrected chi connectivity index (χ1v) is 5.53. The molecule has 0 bridgehead atoms. The number of terminal acetylenes is 1. The first kappa shape index (κ1) is 13.7. The molecule has 1 amide bonds. The standard InChI is InChI=1S/C13H14N2O3/c1-3-4-5-8-14-13(16)11-7-6-10(2)12(9-11)15(17)18/h1,6-7,9H,4-5,8H2,2H3,(H,14,16). The Kier molecular flexibility index (Phi) is 4.88.